The number of nitrogens with two attached hydrogens (primary N) is 1. The Morgan fingerprint density at radius 3 is 2.53 bits per heavy atom. The van der Waals surface area contributed by atoms with Gasteiger partial charge in [-0.25, -0.2) is 9.18 Å². The second-order valence-corrected chi connectivity index (χ2v) is 5.12. The Balaban J connectivity index is 2.34. The van der Waals surface area contributed by atoms with Crippen molar-refractivity contribution in [2.75, 3.05) is 0 Å². The Bertz CT molecular complexity index is 484. The number of benzene rings is 1. The van der Waals surface area contributed by atoms with E-state index in [4.69, 9.17) is 10.8 Å². The van der Waals surface area contributed by atoms with Crippen molar-refractivity contribution < 1.29 is 19.4 Å². The molecule has 1 aromatic carbocycles. The molecule has 1 saturated carbocycles. The molecule has 1 fully saturated rings. The average Bonchev–Trinajstić information content (AvgIpc) is 2.41. The van der Waals surface area contributed by atoms with Crippen molar-refractivity contribution in [2.45, 2.75) is 38.1 Å². The monoisotopic (exact) mass is 267 g/mol. The molecule has 1 aliphatic carbocycles. The molecule has 0 aliphatic heterocycles. The van der Waals surface area contributed by atoms with Gasteiger partial charge in [-0.3, -0.25) is 0 Å². The number of carboxylic acids is 1. The van der Waals surface area contributed by atoms with Gasteiger partial charge in [0.25, 0.3) is 0 Å². The molecule has 0 radical (unpaired) electrons. The summed E-state index contributed by atoms with van der Waals surface area (Å²) in [6.07, 6.45) is 5.16. The molecule has 19 heavy (non-hydrogen) atoms. The molecule has 104 valence electrons. The number of carbonyl (C=O) groups is 1. The van der Waals surface area contributed by atoms with Crippen molar-refractivity contribution in [3.63, 3.8) is 0 Å². The second-order valence-electron chi connectivity index (χ2n) is 5.12. The van der Waals surface area contributed by atoms with E-state index < -0.39 is 23.6 Å². The van der Waals surface area contributed by atoms with Gasteiger partial charge >= 0.3 is 5.97 Å². The number of phenols is 1. The zero-order valence-electron chi connectivity index (χ0n) is 10.6. The number of aromatic hydroxyl groups is 1. The fourth-order valence-electron chi connectivity index (χ4n) is 2.75. The molecular formula is C14H18FNO3. The van der Waals surface area contributed by atoms with Gasteiger partial charge in [0.2, 0.25) is 0 Å². The number of phenolic OH excluding ortho intramolecular Hbond substituents is 1. The molecule has 5 heteroatoms. The summed E-state index contributed by atoms with van der Waals surface area (Å²) in [6, 6.07) is 1.57. The van der Waals surface area contributed by atoms with Gasteiger partial charge in [0, 0.05) is 11.6 Å². The predicted molar refractivity (Wildman–Crippen MR) is 68.5 cm³/mol. The van der Waals surface area contributed by atoms with Crippen LogP contribution in [0.5, 0.6) is 5.75 Å². The van der Waals surface area contributed by atoms with Gasteiger partial charge in [-0.05, 0) is 30.9 Å². The molecule has 0 spiro atoms. The van der Waals surface area contributed by atoms with Crippen LogP contribution in [-0.2, 0) is 0 Å². The van der Waals surface area contributed by atoms with E-state index in [1.165, 1.54) is 12.5 Å². The molecule has 0 aromatic heterocycles. The van der Waals surface area contributed by atoms with E-state index in [1.807, 2.05) is 0 Å². The Labute approximate surface area is 111 Å². The van der Waals surface area contributed by atoms with Gasteiger partial charge in [0.1, 0.15) is 0 Å². The first-order chi connectivity index (χ1) is 9.00. The highest BCUT2D eigenvalue weighted by atomic mass is 19.1. The van der Waals surface area contributed by atoms with E-state index in [2.05, 4.69) is 0 Å². The maximum absolute atomic E-state index is 13.6. The zero-order valence-corrected chi connectivity index (χ0v) is 10.6. The predicted octanol–water partition coefficient (Wildman–Crippen LogP) is 2.81. The Kier molecular flexibility index (Phi) is 4.04. The maximum Gasteiger partial charge on any atom is 0.335 e. The van der Waals surface area contributed by atoms with Crippen LogP contribution in [0.2, 0.25) is 0 Å². The number of hydrogen-bond donors (Lipinski definition) is 3. The lowest BCUT2D eigenvalue weighted by molar-refractivity contribution is 0.0696. The van der Waals surface area contributed by atoms with Crippen molar-refractivity contribution in [3.05, 3.63) is 29.1 Å². The van der Waals surface area contributed by atoms with E-state index in [1.54, 1.807) is 0 Å². The first-order valence-electron chi connectivity index (χ1n) is 6.52. The minimum Gasteiger partial charge on any atom is -0.505 e. The van der Waals surface area contributed by atoms with E-state index in [-0.39, 0.29) is 17.0 Å². The highest BCUT2D eigenvalue weighted by Gasteiger charge is 2.26. The molecule has 2 rings (SSSR count). The van der Waals surface area contributed by atoms with Crippen LogP contribution < -0.4 is 5.73 Å². The van der Waals surface area contributed by atoms with Crippen molar-refractivity contribution in [2.24, 2.45) is 11.7 Å². The Morgan fingerprint density at radius 1 is 1.32 bits per heavy atom. The fraction of sp³-hybridized carbons (Fsp3) is 0.500. The number of rotatable bonds is 3. The SMILES string of the molecule is N[C@@H](c1cc(C(=O)O)cc(F)c1O)C1CCCCC1. The van der Waals surface area contributed by atoms with Gasteiger partial charge in [0.15, 0.2) is 11.6 Å². The van der Waals surface area contributed by atoms with Crippen LogP contribution in [0.3, 0.4) is 0 Å². The van der Waals surface area contributed by atoms with Crippen molar-refractivity contribution in [1.82, 2.24) is 0 Å². The molecule has 0 bridgehead atoms. The molecule has 1 atom stereocenters. The fourth-order valence-corrected chi connectivity index (χ4v) is 2.75. The molecule has 1 aromatic rings. The number of halogens is 1. The molecule has 0 amide bonds. The van der Waals surface area contributed by atoms with Crippen LogP contribution >= 0.6 is 0 Å². The lowest BCUT2D eigenvalue weighted by atomic mass is 9.81. The zero-order chi connectivity index (χ0) is 14.0. The topological polar surface area (TPSA) is 83.6 Å². The first kappa shape index (κ1) is 13.8. The van der Waals surface area contributed by atoms with Crippen LogP contribution in [0.1, 0.15) is 54.1 Å². The summed E-state index contributed by atoms with van der Waals surface area (Å²) in [6.45, 7) is 0. The summed E-state index contributed by atoms with van der Waals surface area (Å²) in [4.78, 5) is 10.9. The average molecular weight is 267 g/mol. The van der Waals surface area contributed by atoms with Gasteiger partial charge in [-0.2, -0.15) is 0 Å². The number of hydrogen-bond acceptors (Lipinski definition) is 3. The van der Waals surface area contributed by atoms with Gasteiger partial charge in [0.05, 0.1) is 5.56 Å². The van der Waals surface area contributed by atoms with Gasteiger partial charge < -0.3 is 15.9 Å². The van der Waals surface area contributed by atoms with E-state index in [0.29, 0.717) is 0 Å². The maximum atomic E-state index is 13.6. The minimum atomic E-state index is -1.23. The third kappa shape index (κ3) is 2.87. The highest BCUT2D eigenvalue weighted by Crippen LogP contribution is 2.37. The standard InChI is InChI=1S/C14H18FNO3/c15-11-7-9(14(18)19)6-10(13(11)17)12(16)8-4-2-1-3-5-8/h6-8,12,17H,1-5,16H2,(H,18,19)/t12-/m1/s1. The van der Waals surface area contributed by atoms with Crippen molar-refractivity contribution in [1.29, 1.82) is 0 Å². The van der Waals surface area contributed by atoms with E-state index in [9.17, 15) is 14.3 Å². The molecular weight excluding hydrogens is 249 g/mol. The smallest absolute Gasteiger partial charge is 0.335 e. The Hall–Kier alpha value is -1.62. The molecule has 1 aliphatic rings. The third-order valence-corrected chi connectivity index (χ3v) is 3.86. The summed E-state index contributed by atoms with van der Waals surface area (Å²) in [5.74, 6) is -2.51. The quantitative estimate of drug-likeness (QED) is 0.786. The van der Waals surface area contributed by atoms with Gasteiger partial charge in [-0.15, -0.1) is 0 Å². The highest BCUT2D eigenvalue weighted by molar-refractivity contribution is 5.88. The van der Waals surface area contributed by atoms with Crippen LogP contribution in [0.25, 0.3) is 0 Å². The summed E-state index contributed by atoms with van der Waals surface area (Å²) in [5.41, 5.74) is 6.10. The first-order valence-corrected chi connectivity index (χ1v) is 6.52. The van der Waals surface area contributed by atoms with Crippen LogP contribution in [0, 0.1) is 11.7 Å². The van der Waals surface area contributed by atoms with Gasteiger partial charge in [-0.1, -0.05) is 19.3 Å². The third-order valence-electron chi connectivity index (χ3n) is 3.86. The van der Waals surface area contributed by atoms with E-state index in [0.717, 1.165) is 31.7 Å². The van der Waals surface area contributed by atoms with E-state index >= 15 is 0 Å². The van der Waals surface area contributed by atoms with Crippen molar-refractivity contribution >= 4 is 5.97 Å². The minimum absolute atomic E-state index is 0.170. The van der Waals surface area contributed by atoms with Crippen LogP contribution in [-0.4, -0.2) is 16.2 Å². The Morgan fingerprint density at radius 2 is 1.95 bits per heavy atom. The summed E-state index contributed by atoms with van der Waals surface area (Å²) >= 11 is 0. The van der Waals surface area contributed by atoms with Crippen LogP contribution in [0.15, 0.2) is 12.1 Å². The summed E-state index contributed by atoms with van der Waals surface area (Å²) < 4.78 is 13.6. The second kappa shape index (κ2) is 5.57. The van der Waals surface area contributed by atoms with Crippen molar-refractivity contribution in [3.8, 4) is 5.75 Å². The molecule has 4 nitrogen and oxygen atoms in total. The molecule has 4 N–H and O–H groups in total. The lowest BCUT2D eigenvalue weighted by Gasteiger charge is -2.28. The molecule has 0 saturated heterocycles. The number of carboxylic acid groups (broad SMARTS) is 1. The normalized spacial score (nSPS) is 18.2. The number of aromatic carboxylic acids is 1. The molecule has 0 heterocycles. The largest absolute Gasteiger partial charge is 0.505 e. The summed E-state index contributed by atoms with van der Waals surface area (Å²) in [7, 11) is 0. The lowest BCUT2D eigenvalue weighted by Crippen LogP contribution is -2.24. The summed E-state index contributed by atoms with van der Waals surface area (Å²) in [5, 5.41) is 18.7. The van der Waals surface area contributed by atoms with Crippen LogP contribution in [0.4, 0.5) is 4.39 Å². The molecule has 0 unspecified atom stereocenters.